The van der Waals surface area contributed by atoms with E-state index in [0.29, 0.717) is 18.6 Å². The van der Waals surface area contributed by atoms with Crippen LogP contribution in [-0.4, -0.2) is 18.6 Å². The smallest absolute Gasteiger partial charge is 0.129 e. The summed E-state index contributed by atoms with van der Waals surface area (Å²) in [5, 5.41) is 3.33. The Morgan fingerprint density at radius 1 is 1.37 bits per heavy atom. The van der Waals surface area contributed by atoms with Gasteiger partial charge in [-0.05, 0) is 38.3 Å². The lowest BCUT2D eigenvalue weighted by molar-refractivity contribution is 0.479. The van der Waals surface area contributed by atoms with Crippen molar-refractivity contribution in [3.05, 3.63) is 29.6 Å². The van der Waals surface area contributed by atoms with Crippen molar-refractivity contribution in [3.8, 4) is 0 Å². The van der Waals surface area contributed by atoms with Crippen molar-refractivity contribution >= 4 is 5.69 Å². The molecule has 0 saturated carbocycles. The summed E-state index contributed by atoms with van der Waals surface area (Å²) in [5.74, 6) is -0.0941. The molecule has 1 aromatic carbocycles. The number of nitrogens with zero attached hydrogens (tertiary/aromatic N) is 1. The van der Waals surface area contributed by atoms with Crippen LogP contribution in [0.2, 0.25) is 0 Å². The molecular weight excluding hydrogens is 239 g/mol. The quantitative estimate of drug-likeness (QED) is 0.892. The van der Waals surface area contributed by atoms with Crippen LogP contribution in [0, 0.1) is 5.82 Å². The first kappa shape index (κ1) is 14.3. The second-order valence-electron chi connectivity index (χ2n) is 5.81. The predicted molar refractivity (Wildman–Crippen MR) is 79.0 cm³/mol. The van der Waals surface area contributed by atoms with Crippen molar-refractivity contribution in [1.29, 1.82) is 0 Å². The minimum Gasteiger partial charge on any atom is -0.368 e. The molecule has 0 aliphatic carbocycles. The van der Waals surface area contributed by atoms with Crippen LogP contribution >= 0.6 is 0 Å². The summed E-state index contributed by atoms with van der Waals surface area (Å²) >= 11 is 0. The van der Waals surface area contributed by atoms with E-state index in [1.54, 1.807) is 6.07 Å². The third kappa shape index (κ3) is 3.47. The molecule has 1 heterocycles. The van der Waals surface area contributed by atoms with Crippen molar-refractivity contribution in [2.24, 2.45) is 0 Å². The molecule has 0 amide bonds. The Bertz CT molecular complexity index is 417. The van der Waals surface area contributed by atoms with Gasteiger partial charge in [-0.15, -0.1) is 0 Å². The Morgan fingerprint density at radius 3 is 2.84 bits per heavy atom. The number of nitrogens with one attached hydrogen (secondary N) is 1. The van der Waals surface area contributed by atoms with Gasteiger partial charge in [0.2, 0.25) is 0 Å². The summed E-state index contributed by atoms with van der Waals surface area (Å²) in [5.41, 5.74) is 1.88. The summed E-state index contributed by atoms with van der Waals surface area (Å²) in [6.07, 6.45) is 3.69. The average Bonchev–Trinajstić information content (AvgIpc) is 2.37. The fraction of sp³-hybridized carbons (Fsp3) is 0.625. The van der Waals surface area contributed by atoms with Crippen LogP contribution in [0.3, 0.4) is 0 Å². The number of piperidine rings is 1. The Balaban J connectivity index is 2.25. The fourth-order valence-electron chi connectivity index (χ4n) is 2.75. The van der Waals surface area contributed by atoms with E-state index < -0.39 is 0 Å². The highest BCUT2D eigenvalue weighted by molar-refractivity contribution is 5.55. The molecule has 1 atom stereocenters. The van der Waals surface area contributed by atoms with Gasteiger partial charge in [-0.25, -0.2) is 4.39 Å². The lowest BCUT2D eigenvalue weighted by Gasteiger charge is -2.37. The molecule has 1 aromatic rings. The van der Waals surface area contributed by atoms with Crippen LogP contribution in [0.1, 0.15) is 45.6 Å². The van der Waals surface area contributed by atoms with Gasteiger partial charge in [0.15, 0.2) is 0 Å². The zero-order valence-electron chi connectivity index (χ0n) is 12.2. The van der Waals surface area contributed by atoms with Crippen molar-refractivity contribution in [2.45, 2.75) is 58.7 Å². The van der Waals surface area contributed by atoms with E-state index >= 15 is 0 Å². The highest BCUT2D eigenvalue weighted by Crippen LogP contribution is 2.29. The van der Waals surface area contributed by atoms with Crippen molar-refractivity contribution in [3.63, 3.8) is 0 Å². The highest BCUT2D eigenvalue weighted by Gasteiger charge is 2.22. The van der Waals surface area contributed by atoms with E-state index in [-0.39, 0.29) is 5.82 Å². The minimum atomic E-state index is -0.0941. The summed E-state index contributed by atoms with van der Waals surface area (Å²) in [4.78, 5) is 2.37. The normalized spacial score (nSPS) is 20.1. The van der Waals surface area contributed by atoms with E-state index in [2.05, 4.69) is 37.1 Å². The first-order valence-electron chi connectivity index (χ1n) is 7.37. The molecule has 1 fully saturated rings. The molecule has 3 heteroatoms. The minimum absolute atomic E-state index is 0.0941. The topological polar surface area (TPSA) is 15.3 Å². The van der Waals surface area contributed by atoms with Gasteiger partial charge in [0.1, 0.15) is 5.82 Å². The van der Waals surface area contributed by atoms with E-state index in [0.717, 1.165) is 17.8 Å². The Labute approximate surface area is 116 Å². The number of anilines is 1. The molecular formula is C16H25FN2. The second-order valence-corrected chi connectivity index (χ2v) is 5.81. The Morgan fingerprint density at radius 2 is 2.16 bits per heavy atom. The largest absolute Gasteiger partial charge is 0.368 e. The third-order valence-corrected chi connectivity index (χ3v) is 3.89. The van der Waals surface area contributed by atoms with Crippen molar-refractivity contribution in [2.75, 3.05) is 11.4 Å². The summed E-state index contributed by atoms with van der Waals surface area (Å²) in [7, 11) is 0. The molecule has 1 aliphatic heterocycles. The van der Waals surface area contributed by atoms with E-state index in [1.807, 2.05) is 6.07 Å². The second kappa shape index (κ2) is 6.38. The Kier molecular flexibility index (Phi) is 4.81. The maximum absolute atomic E-state index is 14.1. The summed E-state index contributed by atoms with van der Waals surface area (Å²) in [6.45, 7) is 8.06. The molecule has 1 saturated heterocycles. The molecule has 19 heavy (non-hydrogen) atoms. The number of benzene rings is 1. The Hall–Kier alpha value is -1.09. The molecule has 0 aromatic heterocycles. The molecule has 0 radical (unpaired) electrons. The summed E-state index contributed by atoms with van der Waals surface area (Å²) in [6, 6.07) is 6.32. The molecule has 2 nitrogen and oxygen atoms in total. The van der Waals surface area contributed by atoms with Crippen LogP contribution in [0.4, 0.5) is 10.1 Å². The maximum Gasteiger partial charge on any atom is 0.129 e. The van der Waals surface area contributed by atoms with E-state index in [4.69, 9.17) is 0 Å². The third-order valence-electron chi connectivity index (χ3n) is 3.89. The molecule has 1 unspecified atom stereocenters. The van der Waals surface area contributed by atoms with Crippen LogP contribution < -0.4 is 10.2 Å². The highest BCUT2D eigenvalue weighted by atomic mass is 19.1. The van der Waals surface area contributed by atoms with Crippen LogP contribution in [-0.2, 0) is 6.54 Å². The van der Waals surface area contributed by atoms with Gasteiger partial charge >= 0.3 is 0 Å². The van der Waals surface area contributed by atoms with Crippen LogP contribution in [0.5, 0.6) is 0 Å². The fourth-order valence-corrected chi connectivity index (χ4v) is 2.75. The molecule has 0 spiro atoms. The van der Waals surface area contributed by atoms with Crippen molar-refractivity contribution < 1.29 is 4.39 Å². The van der Waals surface area contributed by atoms with E-state index in [1.165, 1.54) is 19.3 Å². The van der Waals surface area contributed by atoms with E-state index in [9.17, 15) is 4.39 Å². The standard InChI is InChI=1S/C16H25FN2/c1-12(2)18-11-14-15(17)8-6-9-16(14)19-10-5-4-7-13(19)3/h6,8-9,12-13,18H,4-5,7,10-11H2,1-3H3. The first-order chi connectivity index (χ1) is 9.09. The lowest BCUT2D eigenvalue weighted by atomic mass is 10.0. The van der Waals surface area contributed by atoms with Gasteiger partial charge in [0.25, 0.3) is 0 Å². The zero-order valence-corrected chi connectivity index (χ0v) is 12.2. The van der Waals surface area contributed by atoms with Gasteiger partial charge in [-0.3, -0.25) is 0 Å². The lowest BCUT2D eigenvalue weighted by Crippen LogP contribution is -2.38. The number of hydrogen-bond acceptors (Lipinski definition) is 2. The molecule has 0 bridgehead atoms. The molecule has 2 rings (SSSR count). The van der Waals surface area contributed by atoms with Crippen LogP contribution in [0.25, 0.3) is 0 Å². The zero-order chi connectivity index (χ0) is 13.8. The van der Waals surface area contributed by atoms with Gasteiger partial charge in [-0.2, -0.15) is 0 Å². The number of rotatable bonds is 4. The molecule has 1 aliphatic rings. The molecule has 1 N–H and O–H groups in total. The average molecular weight is 264 g/mol. The van der Waals surface area contributed by atoms with Gasteiger partial charge in [-0.1, -0.05) is 19.9 Å². The monoisotopic (exact) mass is 264 g/mol. The predicted octanol–water partition coefficient (Wildman–Crippen LogP) is 3.70. The van der Waals surface area contributed by atoms with Gasteiger partial charge < -0.3 is 10.2 Å². The number of halogens is 1. The molecule has 106 valence electrons. The number of hydrogen-bond donors (Lipinski definition) is 1. The SMILES string of the molecule is CC(C)NCc1c(F)cccc1N1CCCCC1C. The summed E-state index contributed by atoms with van der Waals surface area (Å²) < 4.78 is 14.1. The van der Waals surface area contributed by atoms with Gasteiger partial charge in [0, 0.05) is 36.4 Å². The van der Waals surface area contributed by atoms with Crippen LogP contribution in [0.15, 0.2) is 18.2 Å². The van der Waals surface area contributed by atoms with Gasteiger partial charge in [0.05, 0.1) is 0 Å². The first-order valence-corrected chi connectivity index (χ1v) is 7.37. The van der Waals surface area contributed by atoms with Crippen molar-refractivity contribution in [1.82, 2.24) is 5.32 Å². The maximum atomic E-state index is 14.1.